The summed E-state index contributed by atoms with van der Waals surface area (Å²) in [6.45, 7) is -0.254. The number of fused-ring (bicyclic) bond motifs is 1. The SMILES string of the molecule is COCC#Cc1nc(-c2nnc(C(F)F)s2)n2cc(SNC3(CF)CC3)cc(Cl)c12. The zero-order chi connectivity index (χ0) is 21.3. The molecule has 1 aliphatic carbocycles. The predicted octanol–water partition coefficient (Wildman–Crippen LogP) is 4.54. The molecule has 3 heterocycles. The number of hydrogen-bond acceptors (Lipinski definition) is 7. The van der Waals surface area contributed by atoms with Gasteiger partial charge in [0.2, 0.25) is 0 Å². The Morgan fingerprint density at radius 3 is 2.87 bits per heavy atom. The van der Waals surface area contributed by atoms with Gasteiger partial charge < -0.3 is 4.74 Å². The Kier molecular flexibility index (Phi) is 6.22. The van der Waals surface area contributed by atoms with Gasteiger partial charge in [0.1, 0.15) is 24.5 Å². The van der Waals surface area contributed by atoms with Gasteiger partial charge in [-0.05, 0) is 36.8 Å². The fourth-order valence-electron chi connectivity index (χ4n) is 2.62. The third-order valence-corrected chi connectivity index (χ3v) is 6.61. The van der Waals surface area contributed by atoms with Gasteiger partial charge >= 0.3 is 0 Å². The molecule has 0 unspecified atom stereocenters. The molecule has 12 heteroatoms. The van der Waals surface area contributed by atoms with Crippen molar-refractivity contribution in [3.05, 3.63) is 28.0 Å². The van der Waals surface area contributed by atoms with E-state index in [0.29, 0.717) is 27.0 Å². The molecule has 6 nitrogen and oxygen atoms in total. The van der Waals surface area contributed by atoms with E-state index >= 15 is 0 Å². The summed E-state index contributed by atoms with van der Waals surface area (Å²) in [5.74, 6) is 6.00. The van der Waals surface area contributed by atoms with Crippen molar-refractivity contribution in [1.82, 2.24) is 24.3 Å². The molecule has 3 aromatic heterocycles. The Bertz CT molecular complexity index is 1140. The molecule has 0 aromatic carbocycles. The van der Waals surface area contributed by atoms with Crippen LogP contribution in [-0.4, -0.2) is 45.5 Å². The summed E-state index contributed by atoms with van der Waals surface area (Å²) in [6.07, 6.45) is 0.546. The summed E-state index contributed by atoms with van der Waals surface area (Å²) in [5, 5.41) is 7.57. The van der Waals surface area contributed by atoms with Gasteiger partial charge in [-0.15, -0.1) is 10.2 Å². The first-order valence-electron chi connectivity index (χ1n) is 8.77. The summed E-state index contributed by atoms with van der Waals surface area (Å²) in [6, 6.07) is 1.72. The molecule has 0 radical (unpaired) electrons. The van der Waals surface area contributed by atoms with E-state index in [2.05, 4.69) is 31.7 Å². The second kappa shape index (κ2) is 8.72. The first-order valence-corrected chi connectivity index (χ1v) is 10.8. The van der Waals surface area contributed by atoms with Crippen LogP contribution in [0.3, 0.4) is 0 Å². The van der Waals surface area contributed by atoms with Gasteiger partial charge in [-0.2, -0.15) is 0 Å². The highest BCUT2D eigenvalue weighted by Crippen LogP contribution is 2.40. The highest BCUT2D eigenvalue weighted by molar-refractivity contribution is 7.97. The van der Waals surface area contributed by atoms with Crippen LogP contribution in [0.1, 0.15) is 30.0 Å². The van der Waals surface area contributed by atoms with Crippen LogP contribution in [0.5, 0.6) is 0 Å². The Labute approximate surface area is 183 Å². The molecule has 0 amide bonds. The van der Waals surface area contributed by atoms with Crippen molar-refractivity contribution in [2.75, 3.05) is 20.4 Å². The number of imidazole rings is 1. The van der Waals surface area contributed by atoms with E-state index in [-0.39, 0.29) is 11.6 Å². The lowest BCUT2D eigenvalue weighted by atomic mass is 10.3. The summed E-state index contributed by atoms with van der Waals surface area (Å²) in [7, 11) is 1.52. The predicted molar refractivity (Wildman–Crippen MR) is 110 cm³/mol. The maximum Gasteiger partial charge on any atom is 0.291 e. The molecule has 0 bridgehead atoms. The van der Waals surface area contributed by atoms with Gasteiger partial charge in [0.15, 0.2) is 15.8 Å². The van der Waals surface area contributed by atoms with Gasteiger partial charge in [0.05, 0.1) is 10.6 Å². The monoisotopic (exact) mass is 473 g/mol. The van der Waals surface area contributed by atoms with Crippen LogP contribution < -0.4 is 4.72 Å². The van der Waals surface area contributed by atoms with Crippen LogP contribution in [0.15, 0.2) is 17.2 Å². The minimum atomic E-state index is -2.72. The Morgan fingerprint density at radius 1 is 1.43 bits per heavy atom. The smallest absolute Gasteiger partial charge is 0.291 e. The minimum Gasteiger partial charge on any atom is -0.372 e. The lowest BCUT2D eigenvalue weighted by molar-refractivity contribution is 0.150. The van der Waals surface area contributed by atoms with Crippen LogP contribution in [0.25, 0.3) is 16.3 Å². The average Bonchev–Trinajstić information content (AvgIpc) is 3.17. The van der Waals surface area contributed by atoms with Gasteiger partial charge in [-0.25, -0.2) is 18.2 Å². The normalized spacial score (nSPS) is 14.9. The van der Waals surface area contributed by atoms with E-state index in [4.69, 9.17) is 16.3 Å². The Balaban J connectivity index is 1.78. The number of methoxy groups -OCH3 is 1. The fraction of sp³-hybridized carbons (Fsp3) is 0.389. The average molecular weight is 474 g/mol. The molecular formula is C18H15ClF3N5OS2. The number of pyridine rings is 1. The van der Waals surface area contributed by atoms with Crippen molar-refractivity contribution in [3.63, 3.8) is 0 Å². The molecule has 1 fully saturated rings. The third-order valence-electron chi connectivity index (χ3n) is 4.40. The maximum atomic E-state index is 13.2. The summed E-state index contributed by atoms with van der Waals surface area (Å²) in [5.41, 5.74) is 0.388. The lowest BCUT2D eigenvalue weighted by Crippen LogP contribution is -2.27. The molecule has 4 rings (SSSR count). The zero-order valence-electron chi connectivity index (χ0n) is 15.6. The molecule has 0 saturated heterocycles. The van der Waals surface area contributed by atoms with Crippen LogP contribution >= 0.6 is 34.9 Å². The number of nitrogens with one attached hydrogen (secondary N) is 1. The van der Waals surface area contributed by atoms with Crippen molar-refractivity contribution in [1.29, 1.82) is 0 Å². The molecule has 1 saturated carbocycles. The van der Waals surface area contributed by atoms with Gasteiger partial charge in [0, 0.05) is 18.2 Å². The molecule has 0 aliphatic heterocycles. The summed E-state index contributed by atoms with van der Waals surface area (Å²) < 4.78 is 48.8. The lowest BCUT2D eigenvalue weighted by Gasteiger charge is -2.12. The second-order valence-electron chi connectivity index (χ2n) is 6.63. The second-order valence-corrected chi connectivity index (χ2v) is 8.92. The Morgan fingerprint density at radius 2 is 2.23 bits per heavy atom. The highest BCUT2D eigenvalue weighted by atomic mass is 35.5. The molecule has 158 valence electrons. The van der Waals surface area contributed by atoms with Crippen molar-refractivity contribution in [2.45, 2.75) is 29.7 Å². The molecule has 0 spiro atoms. The van der Waals surface area contributed by atoms with Crippen LogP contribution in [0.2, 0.25) is 5.02 Å². The number of ether oxygens (including phenoxy) is 1. The van der Waals surface area contributed by atoms with E-state index in [1.165, 1.54) is 19.1 Å². The van der Waals surface area contributed by atoms with Crippen LogP contribution in [0.4, 0.5) is 13.2 Å². The van der Waals surface area contributed by atoms with Crippen molar-refractivity contribution < 1.29 is 17.9 Å². The molecule has 30 heavy (non-hydrogen) atoms. The fourth-order valence-corrected chi connectivity index (χ4v) is 4.60. The molecular weight excluding hydrogens is 459 g/mol. The van der Waals surface area contributed by atoms with Gasteiger partial charge in [-0.1, -0.05) is 28.9 Å². The van der Waals surface area contributed by atoms with Crippen molar-refractivity contribution >= 4 is 40.4 Å². The van der Waals surface area contributed by atoms with E-state index in [1.807, 2.05) is 0 Å². The third kappa shape index (κ3) is 4.29. The van der Waals surface area contributed by atoms with Crippen molar-refractivity contribution in [2.24, 2.45) is 0 Å². The van der Waals surface area contributed by atoms with Crippen molar-refractivity contribution in [3.8, 4) is 22.7 Å². The van der Waals surface area contributed by atoms with E-state index in [1.54, 1.807) is 16.7 Å². The number of hydrogen-bond donors (Lipinski definition) is 1. The number of rotatable bonds is 7. The van der Waals surface area contributed by atoms with Gasteiger partial charge in [0.25, 0.3) is 6.43 Å². The quantitative estimate of drug-likeness (QED) is 0.401. The minimum absolute atomic E-state index is 0.198. The number of aromatic nitrogens is 4. The number of nitrogens with zero attached hydrogens (tertiary/aromatic N) is 4. The molecule has 0 atom stereocenters. The first kappa shape index (κ1) is 21.4. The Hall–Kier alpha value is -1.84. The zero-order valence-corrected chi connectivity index (χ0v) is 18.0. The standard InChI is InChI=1S/C18H15ClF3N5OS2/c1-28-6-2-3-12-13-11(19)7-10(30-26-18(9-20)4-5-18)8-27(13)15(23-12)17-25-24-16(29-17)14(21)22/h7-8,14,26H,4-6,9H2,1H3. The van der Waals surface area contributed by atoms with E-state index in [0.717, 1.165) is 24.2 Å². The summed E-state index contributed by atoms with van der Waals surface area (Å²) >= 11 is 8.51. The highest BCUT2D eigenvalue weighted by Gasteiger charge is 2.43. The topological polar surface area (TPSA) is 64.3 Å². The molecule has 1 N–H and O–H groups in total. The molecule has 1 aliphatic rings. The first-order chi connectivity index (χ1) is 14.5. The maximum absolute atomic E-state index is 13.2. The largest absolute Gasteiger partial charge is 0.372 e. The van der Waals surface area contributed by atoms with E-state index in [9.17, 15) is 13.2 Å². The number of halogens is 4. The number of alkyl halides is 3. The summed E-state index contributed by atoms with van der Waals surface area (Å²) in [4.78, 5) is 5.18. The van der Waals surface area contributed by atoms with Crippen LogP contribution in [0, 0.1) is 11.8 Å². The molecule has 3 aromatic rings. The van der Waals surface area contributed by atoms with Gasteiger partial charge in [-0.3, -0.25) is 9.12 Å². The van der Waals surface area contributed by atoms with Crippen LogP contribution in [-0.2, 0) is 4.74 Å². The van der Waals surface area contributed by atoms with E-state index < -0.39 is 23.6 Å².